The minimum atomic E-state index is 0.901. The van der Waals surface area contributed by atoms with Crippen LogP contribution in [0.1, 0.15) is 0 Å². The number of nitrogens with one attached hydrogen (secondary N) is 3. The molecule has 0 saturated heterocycles. The standard InChI is InChI=1S/C24H27Br3N4/c25-19-1-7-22(8-2-19)28-13-16-31(17-14-29-23-9-3-20(26)4-10-23)18-15-30-24-11-5-21(27)6-12-24/h1-12,28-30H,13-18H2. The van der Waals surface area contributed by atoms with Gasteiger partial charge in [0.2, 0.25) is 0 Å². The summed E-state index contributed by atoms with van der Waals surface area (Å²) in [5.41, 5.74) is 3.43. The molecule has 0 radical (unpaired) electrons. The van der Waals surface area contributed by atoms with Gasteiger partial charge in [-0.05, 0) is 72.8 Å². The molecule has 0 spiro atoms. The third-order valence-corrected chi connectivity index (χ3v) is 6.39. The average Bonchev–Trinajstić information content (AvgIpc) is 2.77. The zero-order valence-electron chi connectivity index (χ0n) is 17.3. The number of hydrogen-bond acceptors (Lipinski definition) is 4. The SMILES string of the molecule is Brc1ccc(NCCN(CCNc2ccc(Br)cc2)CCNc2ccc(Br)cc2)cc1. The van der Waals surface area contributed by atoms with Crippen molar-refractivity contribution in [1.82, 2.24) is 4.90 Å². The van der Waals surface area contributed by atoms with Gasteiger partial charge in [-0.15, -0.1) is 0 Å². The van der Waals surface area contributed by atoms with E-state index in [2.05, 4.69) is 141 Å². The molecule has 0 bridgehead atoms. The summed E-state index contributed by atoms with van der Waals surface area (Å²) in [7, 11) is 0. The van der Waals surface area contributed by atoms with Crippen molar-refractivity contribution in [1.29, 1.82) is 0 Å². The topological polar surface area (TPSA) is 39.3 Å². The molecule has 0 atom stereocenters. The lowest BCUT2D eigenvalue weighted by atomic mass is 10.3. The first-order valence-electron chi connectivity index (χ1n) is 10.3. The van der Waals surface area contributed by atoms with Crippen molar-refractivity contribution < 1.29 is 0 Å². The molecule has 3 aromatic carbocycles. The van der Waals surface area contributed by atoms with E-state index in [1.165, 1.54) is 0 Å². The maximum Gasteiger partial charge on any atom is 0.0341 e. The summed E-state index contributed by atoms with van der Waals surface area (Å²) in [4.78, 5) is 2.48. The van der Waals surface area contributed by atoms with Gasteiger partial charge in [0.25, 0.3) is 0 Å². The second-order valence-electron chi connectivity index (χ2n) is 7.14. The second-order valence-corrected chi connectivity index (χ2v) is 9.89. The maximum atomic E-state index is 3.52. The van der Waals surface area contributed by atoms with E-state index >= 15 is 0 Å². The quantitative estimate of drug-likeness (QED) is 0.208. The van der Waals surface area contributed by atoms with E-state index in [4.69, 9.17) is 0 Å². The van der Waals surface area contributed by atoms with Crippen molar-refractivity contribution in [3.05, 3.63) is 86.2 Å². The molecule has 0 heterocycles. The van der Waals surface area contributed by atoms with Crippen LogP contribution in [-0.2, 0) is 0 Å². The van der Waals surface area contributed by atoms with E-state index in [0.717, 1.165) is 69.7 Å². The van der Waals surface area contributed by atoms with Gasteiger partial charge >= 0.3 is 0 Å². The minimum absolute atomic E-state index is 0.901. The molecule has 3 rings (SSSR count). The Morgan fingerprint density at radius 3 is 0.968 bits per heavy atom. The van der Waals surface area contributed by atoms with E-state index in [9.17, 15) is 0 Å². The van der Waals surface area contributed by atoms with Crippen LogP contribution in [0.25, 0.3) is 0 Å². The summed E-state index contributed by atoms with van der Waals surface area (Å²) in [5, 5.41) is 10.6. The summed E-state index contributed by atoms with van der Waals surface area (Å²) >= 11 is 10.5. The molecule has 0 saturated carbocycles. The Bertz CT molecular complexity index is 777. The number of hydrogen-bond donors (Lipinski definition) is 3. The largest absolute Gasteiger partial charge is 0.384 e. The third kappa shape index (κ3) is 9.23. The molecular formula is C24H27Br3N4. The predicted molar refractivity (Wildman–Crippen MR) is 144 cm³/mol. The summed E-state index contributed by atoms with van der Waals surface area (Å²) < 4.78 is 3.29. The van der Waals surface area contributed by atoms with Crippen LogP contribution >= 0.6 is 47.8 Å². The summed E-state index contributed by atoms with van der Waals surface area (Å²) in [5.74, 6) is 0. The molecular weight excluding hydrogens is 584 g/mol. The first-order valence-corrected chi connectivity index (χ1v) is 12.7. The van der Waals surface area contributed by atoms with E-state index in [0.29, 0.717) is 0 Å². The van der Waals surface area contributed by atoms with Gasteiger partial charge in [0, 0.05) is 69.7 Å². The lowest BCUT2D eigenvalue weighted by Crippen LogP contribution is -2.36. The van der Waals surface area contributed by atoms with Crippen LogP contribution in [0.5, 0.6) is 0 Å². The zero-order chi connectivity index (χ0) is 21.9. The highest BCUT2D eigenvalue weighted by Gasteiger charge is 2.05. The molecule has 31 heavy (non-hydrogen) atoms. The van der Waals surface area contributed by atoms with Gasteiger partial charge in [0.15, 0.2) is 0 Å². The predicted octanol–water partition coefficient (Wildman–Crippen LogP) is 6.91. The minimum Gasteiger partial charge on any atom is -0.384 e. The Labute approximate surface area is 210 Å². The number of benzene rings is 3. The van der Waals surface area contributed by atoms with Crippen LogP contribution in [0.4, 0.5) is 17.1 Å². The Hall–Kier alpha value is -1.54. The average molecular weight is 611 g/mol. The van der Waals surface area contributed by atoms with E-state index in [-0.39, 0.29) is 0 Å². The Morgan fingerprint density at radius 2 is 0.710 bits per heavy atom. The fourth-order valence-corrected chi connectivity index (χ4v) is 3.91. The fraction of sp³-hybridized carbons (Fsp3) is 0.250. The van der Waals surface area contributed by atoms with Crippen LogP contribution in [0, 0.1) is 0 Å². The van der Waals surface area contributed by atoms with Gasteiger partial charge in [-0.1, -0.05) is 47.8 Å². The number of nitrogens with zero attached hydrogens (tertiary/aromatic N) is 1. The van der Waals surface area contributed by atoms with E-state index in [1.54, 1.807) is 0 Å². The van der Waals surface area contributed by atoms with Gasteiger partial charge < -0.3 is 16.0 Å². The van der Waals surface area contributed by atoms with E-state index < -0.39 is 0 Å². The monoisotopic (exact) mass is 608 g/mol. The molecule has 164 valence electrons. The third-order valence-electron chi connectivity index (χ3n) is 4.80. The van der Waals surface area contributed by atoms with Crippen molar-refractivity contribution in [2.24, 2.45) is 0 Å². The number of rotatable bonds is 12. The maximum absolute atomic E-state index is 3.52. The molecule has 4 nitrogen and oxygen atoms in total. The molecule has 0 aromatic heterocycles. The summed E-state index contributed by atoms with van der Waals surface area (Å²) in [6.45, 7) is 5.62. The Balaban J connectivity index is 1.47. The normalized spacial score (nSPS) is 10.8. The molecule has 0 fully saturated rings. The number of anilines is 3. The summed E-state index contributed by atoms with van der Waals surface area (Å²) in [6.07, 6.45) is 0. The molecule has 0 aliphatic carbocycles. The van der Waals surface area contributed by atoms with Crippen LogP contribution in [0.15, 0.2) is 86.2 Å². The van der Waals surface area contributed by atoms with Crippen molar-refractivity contribution in [2.75, 3.05) is 55.2 Å². The van der Waals surface area contributed by atoms with Crippen LogP contribution in [0.3, 0.4) is 0 Å². The van der Waals surface area contributed by atoms with Crippen LogP contribution in [0.2, 0.25) is 0 Å². The molecule has 0 aliphatic rings. The molecule has 3 N–H and O–H groups in total. The smallest absolute Gasteiger partial charge is 0.0341 e. The Morgan fingerprint density at radius 1 is 0.452 bits per heavy atom. The Kier molecular flexibility index (Phi) is 10.2. The molecule has 0 aliphatic heterocycles. The summed E-state index contributed by atoms with van der Waals surface area (Å²) in [6, 6.07) is 24.9. The molecule has 0 unspecified atom stereocenters. The van der Waals surface area contributed by atoms with Crippen molar-refractivity contribution in [2.45, 2.75) is 0 Å². The van der Waals surface area contributed by atoms with Gasteiger partial charge in [-0.2, -0.15) is 0 Å². The van der Waals surface area contributed by atoms with Gasteiger partial charge in [-0.3, -0.25) is 4.90 Å². The van der Waals surface area contributed by atoms with Crippen molar-refractivity contribution in [3.63, 3.8) is 0 Å². The molecule has 3 aromatic rings. The highest BCUT2D eigenvalue weighted by atomic mass is 79.9. The molecule has 0 amide bonds. The highest BCUT2D eigenvalue weighted by Crippen LogP contribution is 2.15. The lowest BCUT2D eigenvalue weighted by Gasteiger charge is -2.23. The lowest BCUT2D eigenvalue weighted by molar-refractivity contribution is 0.306. The van der Waals surface area contributed by atoms with Gasteiger partial charge in [0.1, 0.15) is 0 Å². The second kappa shape index (κ2) is 13.1. The van der Waals surface area contributed by atoms with Gasteiger partial charge in [0.05, 0.1) is 0 Å². The zero-order valence-corrected chi connectivity index (χ0v) is 22.0. The molecule has 7 heteroatoms. The van der Waals surface area contributed by atoms with Gasteiger partial charge in [-0.25, -0.2) is 0 Å². The highest BCUT2D eigenvalue weighted by molar-refractivity contribution is 9.11. The van der Waals surface area contributed by atoms with E-state index in [1.807, 2.05) is 0 Å². The first kappa shape index (κ1) is 24.1. The van der Waals surface area contributed by atoms with Crippen molar-refractivity contribution >= 4 is 64.9 Å². The van der Waals surface area contributed by atoms with Crippen molar-refractivity contribution in [3.8, 4) is 0 Å². The number of halogens is 3. The first-order chi connectivity index (χ1) is 15.1. The fourth-order valence-electron chi connectivity index (χ4n) is 3.11. The van der Waals surface area contributed by atoms with Crippen LogP contribution in [-0.4, -0.2) is 44.2 Å². The van der Waals surface area contributed by atoms with Crippen LogP contribution < -0.4 is 16.0 Å².